The van der Waals surface area contributed by atoms with Crippen LogP contribution in [-0.4, -0.2) is 74.4 Å². The maximum absolute atomic E-state index is 12.0. The number of hydrogen-bond acceptors (Lipinski definition) is 4. The summed E-state index contributed by atoms with van der Waals surface area (Å²) in [4.78, 5) is 27.1. The summed E-state index contributed by atoms with van der Waals surface area (Å²) in [5.41, 5.74) is 5.32. The molecule has 0 aliphatic carbocycles. The summed E-state index contributed by atoms with van der Waals surface area (Å²) in [7, 11) is 3.54. The van der Waals surface area contributed by atoms with Crippen LogP contribution in [0.3, 0.4) is 0 Å². The summed E-state index contributed by atoms with van der Waals surface area (Å²) < 4.78 is 0. The summed E-state index contributed by atoms with van der Waals surface area (Å²) >= 11 is 0. The molecule has 218 valence electrons. The zero-order valence-corrected chi connectivity index (χ0v) is 24.4. The van der Waals surface area contributed by atoms with Crippen molar-refractivity contribution in [2.45, 2.75) is 58.3 Å². The number of hydrogen-bond donors (Lipinski definition) is 4. The van der Waals surface area contributed by atoms with Crippen LogP contribution in [0.15, 0.2) is 72.9 Å². The Morgan fingerprint density at radius 1 is 0.692 bits per heavy atom. The highest BCUT2D eigenvalue weighted by Gasteiger charge is 2.07. The van der Waals surface area contributed by atoms with Crippen molar-refractivity contribution in [2.75, 3.05) is 46.8 Å². The molecule has 0 aromatic heterocycles. The Hall–Kier alpha value is -3.39. The molecule has 0 rings (SSSR count). The van der Waals surface area contributed by atoms with Gasteiger partial charge < -0.3 is 26.2 Å². The van der Waals surface area contributed by atoms with Crippen molar-refractivity contribution >= 4 is 17.8 Å². The molecule has 8 nitrogen and oxygen atoms in total. The molecule has 0 radical (unpaired) electrons. The highest BCUT2D eigenvalue weighted by molar-refractivity contribution is 5.84. The fourth-order valence-electron chi connectivity index (χ4n) is 3.18. The number of nitrogens with one attached hydrogen (secondary N) is 3. The van der Waals surface area contributed by atoms with E-state index in [4.69, 9.17) is 11.1 Å². The Labute approximate surface area is 237 Å². The second kappa shape index (κ2) is 26.2. The minimum atomic E-state index is -0.177. The molecule has 2 amide bonds. The third kappa shape index (κ3) is 26.0. The molecule has 39 heavy (non-hydrogen) atoms. The van der Waals surface area contributed by atoms with E-state index in [2.05, 4.69) is 90.5 Å². The van der Waals surface area contributed by atoms with Crippen LogP contribution in [0.5, 0.6) is 0 Å². The molecule has 0 bridgehead atoms. The molecule has 0 aliphatic rings. The predicted octanol–water partition coefficient (Wildman–Crippen LogP) is 4.45. The third-order valence-electron chi connectivity index (χ3n) is 5.56. The van der Waals surface area contributed by atoms with Crippen LogP contribution in [0, 0.1) is 5.41 Å². The third-order valence-corrected chi connectivity index (χ3v) is 5.56. The van der Waals surface area contributed by atoms with Gasteiger partial charge >= 0.3 is 0 Å². The maximum atomic E-state index is 12.0. The lowest BCUT2D eigenvalue weighted by Crippen LogP contribution is -2.43. The zero-order chi connectivity index (χ0) is 29.0. The van der Waals surface area contributed by atoms with E-state index in [0.717, 1.165) is 44.9 Å². The number of carbonyl (C=O) groups is 2. The summed E-state index contributed by atoms with van der Waals surface area (Å²) in [6, 6.07) is 0. The minimum absolute atomic E-state index is 0.0449. The van der Waals surface area contributed by atoms with Crippen LogP contribution in [0.4, 0.5) is 0 Å². The summed E-state index contributed by atoms with van der Waals surface area (Å²) in [5, 5.41) is 13.0. The number of amides is 2. The van der Waals surface area contributed by atoms with Gasteiger partial charge in [-0.3, -0.25) is 15.0 Å². The zero-order valence-electron chi connectivity index (χ0n) is 24.4. The fraction of sp³-hybridized carbons (Fsp3) is 0.516. The lowest BCUT2D eigenvalue weighted by molar-refractivity contribution is -0.121. The van der Waals surface area contributed by atoms with Gasteiger partial charge in [-0.2, -0.15) is 0 Å². The number of nitrogens with zero attached hydrogens (tertiary/aromatic N) is 2. The molecule has 0 saturated carbocycles. The van der Waals surface area contributed by atoms with E-state index in [1.54, 1.807) is 7.05 Å². The Morgan fingerprint density at radius 3 is 1.54 bits per heavy atom. The van der Waals surface area contributed by atoms with Crippen LogP contribution < -0.4 is 16.4 Å². The van der Waals surface area contributed by atoms with Gasteiger partial charge in [0.15, 0.2) is 5.96 Å². The van der Waals surface area contributed by atoms with Gasteiger partial charge in [0.05, 0.1) is 6.54 Å². The standard InChI is InChI=1S/C31H52N6O2/c1-4-5-6-7-8-9-10-11-12-13-14-15-16-17-18-19-20-21-22-23-29(38)34-24-26-36(2)27-25-35-30(39)28-37(3)31(32)33/h5-6,8-9,11-12,14-15,17-18,20-21H,4,7,10,13,16,19,22-28H2,1-3H3,(H3,32,33)(H,34,38)(H,35,39)/b6-5-,9-8-,12-11-,15-14-,18-17-,21-20-. The topological polar surface area (TPSA) is 115 Å². The van der Waals surface area contributed by atoms with Gasteiger partial charge in [-0.1, -0.05) is 79.8 Å². The summed E-state index contributed by atoms with van der Waals surface area (Å²) in [6.45, 7) is 4.65. The van der Waals surface area contributed by atoms with Crippen molar-refractivity contribution in [3.05, 3.63) is 72.9 Å². The molecule has 0 unspecified atom stereocenters. The quantitative estimate of drug-likeness (QED) is 0.0920. The second-order valence-corrected chi connectivity index (χ2v) is 9.20. The number of nitrogens with two attached hydrogens (primary N) is 1. The Morgan fingerprint density at radius 2 is 1.10 bits per heavy atom. The lowest BCUT2D eigenvalue weighted by Gasteiger charge is -2.19. The molecule has 0 aromatic rings. The van der Waals surface area contributed by atoms with E-state index >= 15 is 0 Å². The molecular weight excluding hydrogens is 488 g/mol. The normalized spacial score (nSPS) is 12.3. The molecule has 0 atom stereocenters. The molecular formula is C31H52N6O2. The number of carbonyl (C=O) groups excluding carboxylic acids is 2. The average molecular weight is 541 g/mol. The molecule has 5 N–H and O–H groups in total. The highest BCUT2D eigenvalue weighted by atomic mass is 16.2. The Balaban J connectivity index is 3.69. The number of rotatable bonds is 22. The monoisotopic (exact) mass is 540 g/mol. The second-order valence-electron chi connectivity index (χ2n) is 9.20. The van der Waals surface area contributed by atoms with Crippen molar-refractivity contribution < 1.29 is 9.59 Å². The van der Waals surface area contributed by atoms with Gasteiger partial charge in [-0.05, 0) is 52.0 Å². The van der Waals surface area contributed by atoms with E-state index in [1.165, 1.54) is 4.90 Å². The van der Waals surface area contributed by atoms with Crippen molar-refractivity contribution in [2.24, 2.45) is 5.73 Å². The molecule has 0 heterocycles. The van der Waals surface area contributed by atoms with Crippen LogP contribution >= 0.6 is 0 Å². The molecule has 0 fully saturated rings. The number of guanidine groups is 1. The first kappa shape index (κ1) is 35.6. The Kier molecular flexibility index (Phi) is 23.9. The van der Waals surface area contributed by atoms with Gasteiger partial charge in [0, 0.05) is 39.6 Å². The van der Waals surface area contributed by atoms with Crippen molar-refractivity contribution in [3.8, 4) is 0 Å². The smallest absolute Gasteiger partial charge is 0.239 e. The predicted molar refractivity (Wildman–Crippen MR) is 166 cm³/mol. The molecule has 0 spiro atoms. The van der Waals surface area contributed by atoms with Crippen molar-refractivity contribution in [1.82, 2.24) is 20.4 Å². The molecule has 8 heteroatoms. The van der Waals surface area contributed by atoms with E-state index in [9.17, 15) is 9.59 Å². The molecule has 0 aliphatic heterocycles. The van der Waals surface area contributed by atoms with E-state index < -0.39 is 0 Å². The highest BCUT2D eigenvalue weighted by Crippen LogP contribution is 1.98. The number of allylic oxidation sites excluding steroid dienone is 12. The Bertz CT molecular complexity index is 842. The van der Waals surface area contributed by atoms with Crippen LogP contribution in [0.25, 0.3) is 0 Å². The first-order valence-electron chi connectivity index (χ1n) is 14.0. The van der Waals surface area contributed by atoms with Gasteiger partial charge in [-0.25, -0.2) is 0 Å². The van der Waals surface area contributed by atoms with Crippen LogP contribution in [-0.2, 0) is 9.59 Å². The van der Waals surface area contributed by atoms with Crippen molar-refractivity contribution in [3.63, 3.8) is 0 Å². The maximum Gasteiger partial charge on any atom is 0.239 e. The van der Waals surface area contributed by atoms with Gasteiger partial charge in [0.2, 0.25) is 11.8 Å². The average Bonchev–Trinajstić information content (AvgIpc) is 2.89. The van der Waals surface area contributed by atoms with Crippen LogP contribution in [0.2, 0.25) is 0 Å². The van der Waals surface area contributed by atoms with E-state index in [1.807, 2.05) is 11.9 Å². The molecule has 0 saturated heterocycles. The van der Waals surface area contributed by atoms with Gasteiger partial charge in [0.25, 0.3) is 0 Å². The van der Waals surface area contributed by atoms with Gasteiger partial charge in [-0.15, -0.1) is 0 Å². The fourth-order valence-corrected chi connectivity index (χ4v) is 3.18. The minimum Gasteiger partial charge on any atom is -0.370 e. The SMILES string of the molecule is CC/C=C\C/C=C\C/C=C\C/C=C\C/C=C\C/C=C\CCC(=O)NCCN(C)CCNC(=O)CN(C)C(=N)N. The molecule has 0 aromatic carbocycles. The summed E-state index contributed by atoms with van der Waals surface area (Å²) in [6.07, 6.45) is 33.1. The largest absolute Gasteiger partial charge is 0.370 e. The van der Waals surface area contributed by atoms with Crippen LogP contribution in [0.1, 0.15) is 58.3 Å². The summed E-state index contributed by atoms with van der Waals surface area (Å²) in [5.74, 6) is -0.272. The van der Waals surface area contributed by atoms with E-state index in [0.29, 0.717) is 32.6 Å². The van der Waals surface area contributed by atoms with Crippen molar-refractivity contribution in [1.29, 1.82) is 5.41 Å². The first-order chi connectivity index (χ1) is 18.9. The van der Waals surface area contributed by atoms with E-state index in [-0.39, 0.29) is 24.3 Å². The van der Waals surface area contributed by atoms with Gasteiger partial charge in [0.1, 0.15) is 0 Å². The first-order valence-corrected chi connectivity index (χ1v) is 14.0. The lowest BCUT2D eigenvalue weighted by atomic mass is 10.2. The number of likely N-dealkylation sites (N-methyl/N-ethyl adjacent to an activating group) is 2.